The molecule has 0 saturated carbocycles. The molecule has 0 bridgehead atoms. The maximum Gasteiger partial charge on any atom is 0.275 e. The monoisotopic (exact) mass is 549 g/mol. The van der Waals surface area contributed by atoms with Crippen LogP contribution < -0.4 is 20.3 Å². The summed E-state index contributed by atoms with van der Waals surface area (Å²) in [4.78, 5) is 39.0. The molecule has 1 aliphatic rings. The first-order valence-electron chi connectivity index (χ1n) is 12.1. The summed E-state index contributed by atoms with van der Waals surface area (Å²) in [7, 11) is 1.76. The summed E-state index contributed by atoms with van der Waals surface area (Å²) < 4.78 is 5.79. The van der Waals surface area contributed by atoms with E-state index in [1.165, 1.54) is 0 Å². The highest BCUT2D eigenvalue weighted by Crippen LogP contribution is 2.43. The minimum Gasteiger partial charge on any atom is -0.492 e. The van der Waals surface area contributed by atoms with Crippen LogP contribution >= 0.6 is 22.7 Å². The second-order valence-corrected chi connectivity index (χ2v) is 10.7. The molecular formula is C27H27N5O4S2. The Hall–Kier alpha value is -3.64. The van der Waals surface area contributed by atoms with Crippen molar-refractivity contribution in [3.8, 4) is 26.9 Å². The molecular weight excluding hydrogens is 522 g/mol. The number of aliphatic hydroxyl groups is 1. The highest BCUT2D eigenvalue weighted by molar-refractivity contribution is 7.22. The van der Waals surface area contributed by atoms with Gasteiger partial charge in [-0.3, -0.25) is 14.9 Å². The molecule has 0 fully saturated rings. The molecule has 4 heterocycles. The quantitative estimate of drug-likeness (QED) is 0.202. The second kappa shape index (κ2) is 11.0. The summed E-state index contributed by atoms with van der Waals surface area (Å²) in [6.45, 7) is 5.46. The molecule has 196 valence electrons. The molecule has 0 unspecified atom stereocenters. The van der Waals surface area contributed by atoms with Gasteiger partial charge in [0, 0.05) is 30.6 Å². The molecule has 0 radical (unpaired) electrons. The fourth-order valence-corrected chi connectivity index (χ4v) is 6.18. The number of benzene rings is 1. The van der Waals surface area contributed by atoms with Gasteiger partial charge in [-0.25, -0.2) is 9.97 Å². The molecule has 3 N–H and O–H groups in total. The first-order valence-corrected chi connectivity index (χ1v) is 13.8. The highest BCUT2D eigenvalue weighted by atomic mass is 32.1. The van der Waals surface area contributed by atoms with Gasteiger partial charge in [0.1, 0.15) is 28.7 Å². The van der Waals surface area contributed by atoms with Gasteiger partial charge in [-0.15, -0.1) is 22.7 Å². The summed E-state index contributed by atoms with van der Waals surface area (Å²) in [6, 6.07) is 11.8. The third-order valence-corrected chi connectivity index (χ3v) is 8.36. The second-order valence-electron chi connectivity index (χ2n) is 8.75. The third-order valence-electron chi connectivity index (χ3n) is 6.26. The van der Waals surface area contributed by atoms with Crippen LogP contribution in [0, 0.1) is 6.92 Å². The molecule has 4 aromatic rings. The standard InChI is InChI=1S/C27H27N5O4S2/c1-15-20-24(32(3)21-16(2)25(34)31-26(21)35)29-23(19-5-4-14-37-19)30-27(20)38-22(15)17-6-8-18(9-7-17)36-13-11-28-10-12-33/h4-9,14,28,33H,10-13H2,1-3H3,(H,31,34,35). The SMILES string of the molecule is CC1=C(N(C)c2nc(-c3cccs3)nc3sc(-c4ccc(OCCNCCO)cc4)c(C)c23)C(=O)NC1=O. The number of aromatic nitrogens is 2. The van der Waals surface area contributed by atoms with Gasteiger partial charge in [-0.2, -0.15) is 0 Å². The lowest BCUT2D eigenvalue weighted by molar-refractivity contribution is -0.124. The van der Waals surface area contributed by atoms with Crippen LogP contribution in [0.1, 0.15) is 12.5 Å². The van der Waals surface area contributed by atoms with Gasteiger partial charge in [0.2, 0.25) is 0 Å². The van der Waals surface area contributed by atoms with Gasteiger partial charge in [0.05, 0.1) is 16.9 Å². The van der Waals surface area contributed by atoms with Gasteiger partial charge in [0.15, 0.2) is 5.82 Å². The van der Waals surface area contributed by atoms with Gasteiger partial charge in [-0.1, -0.05) is 6.07 Å². The summed E-state index contributed by atoms with van der Waals surface area (Å²) in [6.07, 6.45) is 0. The first kappa shape index (κ1) is 26.0. The van der Waals surface area contributed by atoms with E-state index in [1.54, 1.807) is 41.5 Å². The number of rotatable bonds is 10. The lowest BCUT2D eigenvalue weighted by Gasteiger charge is -2.20. The Morgan fingerprint density at radius 2 is 1.87 bits per heavy atom. The number of carbonyl (C=O) groups excluding carboxylic acids is 2. The van der Waals surface area contributed by atoms with E-state index < -0.39 is 11.8 Å². The van der Waals surface area contributed by atoms with Crippen molar-refractivity contribution in [2.45, 2.75) is 13.8 Å². The number of carbonyl (C=O) groups is 2. The Balaban J connectivity index is 1.54. The number of fused-ring (bicyclic) bond motifs is 1. The van der Waals surface area contributed by atoms with E-state index in [0.717, 1.165) is 36.8 Å². The Bertz CT molecular complexity index is 1530. The van der Waals surface area contributed by atoms with Crippen molar-refractivity contribution in [3.63, 3.8) is 0 Å². The van der Waals surface area contributed by atoms with Crippen LogP contribution in [0.15, 0.2) is 53.0 Å². The van der Waals surface area contributed by atoms with Crippen LogP contribution in [0.5, 0.6) is 5.75 Å². The number of likely N-dealkylation sites (N-methyl/N-ethyl adjacent to an activating group) is 1. The van der Waals surface area contributed by atoms with E-state index in [4.69, 9.17) is 19.8 Å². The fraction of sp³-hybridized carbons (Fsp3) is 0.259. The van der Waals surface area contributed by atoms with Crippen molar-refractivity contribution in [1.82, 2.24) is 20.6 Å². The van der Waals surface area contributed by atoms with Crippen molar-refractivity contribution >= 4 is 50.5 Å². The molecule has 5 rings (SSSR count). The molecule has 9 nitrogen and oxygen atoms in total. The zero-order chi connectivity index (χ0) is 26.8. The summed E-state index contributed by atoms with van der Waals surface area (Å²) in [5.41, 5.74) is 2.66. The van der Waals surface area contributed by atoms with Gasteiger partial charge >= 0.3 is 0 Å². The van der Waals surface area contributed by atoms with Crippen molar-refractivity contribution < 1.29 is 19.4 Å². The number of hydrogen-bond acceptors (Lipinski definition) is 10. The highest BCUT2D eigenvalue weighted by Gasteiger charge is 2.32. The van der Waals surface area contributed by atoms with Crippen LogP contribution in [0.25, 0.3) is 31.4 Å². The molecule has 1 aromatic carbocycles. The van der Waals surface area contributed by atoms with Crippen LogP contribution in [0.2, 0.25) is 0 Å². The lowest BCUT2D eigenvalue weighted by Crippen LogP contribution is -2.29. The number of nitrogens with zero attached hydrogens (tertiary/aromatic N) is 3. The summed E-state index contributed by atoms with van der Waals surface area (Å²) in [5, 5.41) is 17.1. The van der Waals surface area contributed by atoms with Crippen LogP contribution in [0.4, 0.5) is 5.82 Å². The Labute approximate surface area is 227 Å². The fourth-order valence-electron chi connectivity index (χ4n) is 4.34. The van der Waals surface area contributed by atoms with E-state index in [0.29, 0.717) is 36.9 Å². The van der Waals surface area contributed by atoms with Crippen molar-refractivity contribution in [2.24, 2.45) is 0 Å². The summed E-state index contributed by atoms with van der Waals surface area (Å²) in [5.74, 6) is 1.08. The van der Waals surface area contributed by atoms with E-state index in [1.807, 2.05) is 48.7 Å². The minimum atomic E-state index is -0.435. The predicted molar refractivity (Wildman–Crippen MR) is 151 cm³/mol. The largest absolute Gasteiger partial charge is 0.492 e. The van der Waals surface area contributed by atoms with Crippen molar-refractivity contribution in [1.29, 1.82) is 0 Å². The summed E-state index contributed by atoms with van der Waals surface area (Å²) >= 11 is 3.11. The average Bonchev–Trinajstić information content (AvgIpc) is 3.62. The minimum absolute atomic E-state index is 0.0996. The molecule has 0 spiro atoms. The zero-order valence-corrected chi connectivity index (χ0v) is 22.8. The van der Waals surface area contributed by atoms with E-state index in [9.17, 15) is 9.59 Å². The Kier molecular flexibility index (Phi) is 7.52. The number of aryl methyl sites for hydroxylation is 1. The smallest absolute Gasteiger partial charge is 0.275 e. The van der Waals surface area contributed by atoms with E-state index >= 15 is 0 Å². The first-order chi connectivity index (χ1) is 18.4. The van der Waals surface area contributed by atoms with Crippen molar-refractivity contribution in [2.75, 3.05) is 38.3 Å². The van der Waals surface area contributed by atoms with Gasteiger partial charge in [0.25, 0.3) is 11.8 Å². The number of hydrogen-bond donors (Lipinski definition) is 3. The van der Waals surface area contributed by atoms with Crippen LogP contribution in [0.3, 0.4) is 0 Å². The number of amides is 2. The maximum absolute atomic E-state index is 12.6. The molecule has 0 saturated heterocycles. The lowest BCUT2D eigenvalue weighted by atomic mass is 10.1. The number of aliphatic hydroxyl groups excluding tert-OH is 1. The number of ether oxygens (including phenoxy) is 1. The van der Waals surface area contributed by atoms with Crippen LogP contribution in [-0.2, 0) is 9.59 Å². The molecule has 0 atom stereocenters. The average molecular weight is 550 g/mol. The number of anilines is 1. The molecule has 11 heteroatoms. The van der Waals surface area contributed by atoms with Gasteiger partial charge in [-0.05, 0) is 60.7 Å². The van der Waals surface area contributed by atoms with Crippen LogP contribution in [-0.4, -0.2) is 60.2 Å². The molecule has 0 aliphatic carbocycles. The molecule has 1 aliphatic heterocycles. The van der Waals surface area contributed by atoms with Gasteiger partial charge < -0.3 is 20.1 Å². The molecule has 3 aromatic heterocycles. The number of imide groups is 1. The topological polar surface area (TPSA) is 117 Å². The molecule has 2 amide bonds. The Morgan fingerprint density at radius 1 is 1.08 bits per heavy atom. The van der Waals surface area contributed by atoms with E-state index in [-0.39, 0.29) is 12.3 Å². The molecule has 38 heavy (non-hydrogen) atoms. The zero-order valence-electron chi connectivity index (χ0n) is 21.2. The van der Waals surface area contributed by atoms with Crippen molar-refractivity contribution in [3.05, 3.63) is 58.6 Å². The third kappa shape index (κ3) is 4.93. The Morgan fingerprint density at radius 3 is 2.53 bits per heavy atom. The normalized spacial score (nSPS) is 13.5. The van der Waals surface area contributed by atoms with E-state index in [2.05, 4.69) is 10.6 Å². The maximum atomic E-state index is 12.6. The number of nitrogens with one attached hydrogen (secondary N) is 2. The number of thiophene rings is 2. The predicted octanol–water partition coefficient (Wildman–Crippen LogP) is 3.72.